The van der Waals surface area contributed by atoms with E-state index in [0.717, 1.165) is 0 Å². The van der Waals surface area contributed by atoms with E-state index in [9.17, 15) is 4.79 Å². The molecule has 3 heteroatoms. The third kappa shape index (κ3) is 1.68. The van der Waals surface area contributed by atoms with Crippen LogP contribution in [0.2, 0.25) is 0 Å². The quantitative estimate of drug-likeness (QED) is 0.441. The minimum Gasteiger partial charge on any atom is -0.378 e. The van der Waals surface area contributed by atoms with Gasteiger partial charge in [-0.2, -0.15) is 0 Å². The molecule has 0 saturated carbocycles. The van der Waals surface area contributed by atoms with E-state index in [-0.39, 0.29) is 5.91 Å². The van der Waals surface area contributed by atoms with Gasteiger partial charge in [0.05, 0.1) is 20.1 Å². The summed E-state index contributed by atoms with van der Waals surface area (Å²) in [6, 6.07) is 0. The summed E-state index contributed by atoms with van der Waals surface area (Å²) in [5, 5.41) is 0. The number of carbonyl (C=O) groups is 1. The highest BCUT2D eigenvalue weighted by Gasteiger charge is 2.11. The first-order valence-corrected chi connectivity index (χ1v) is 2.93. The Morgan fingerprint density at radius 2 is 2.00 bits per heavy atom. The fraction of sp³-hybridized carbons (Fsp3) is 0.667. The summed E-state index contributed by atoms with van der Waals surface area (Å²) in [6.07, 6.45) is 0. The van der Waals surface area contributed by atoms with Crippen molar-refractivity contribution in [1.82, 2.24) is 4.90 Å². The molecule has 0 aromatic heterocycles. The van der Waals surface area contributed by atoms with Gasteiger partial charge in [0, 0.05) is 13.1 Å². The molecule has 1 amide bonds. The third-order valence-corrected chi connectivity index (χ3v) is 1.32. The molecular formula is C6H9NO2. The molecule has 0 aliphatic carbocycles. The summed E-state index contributed by atoms with van der Waals surface area (Å²) in [4.78, 5) is 12.0. The lowest BCUT2D eigenvalue weighted by Crippen LogP contribution is -2.39. The summed E-state index contributed by atoms with van der Waals surface area (Å²) in [5.74, 6) is -0.349. The van der Waals surface area contributed by atoms with Gasteiger partial charge in [-0.15, -0.1) is 0 Å². The Morgan fingerprint density at radius 3 is 2.33 bits per heavy atom. The molecule has 0 spiro atoms. The third-order valence-electron chi connectivity index (χ3n) is 1.32. The number of hydrogen-bond donors (Lipinski definition) is 0. The number of amides is 1. The molecule has 1 aliphatic rings. The summed E-state index contributed by atoms with van der Waals surface area (Å²) in [7, 11) is 0. The second-order valence-corrected chi connectivity index (χ2v) is 1.94. The fourth-order valence-corrected chi connectivity index (χ4v) is 0.784. The predicted molar refractivity (Wildman–Crippen MR) is 31.7 cm³/mol. The zero-order valence-electron chi connectivity index (χ0n) is 5.17. The number of ether oxygens (including phenoxy) is 1. The van der Waals surface area contributed by atoms with Crippen LogP contribution in [0.15, 0.2) is 0 Å². The topological polar surface area (TPSA) is 29.5 Å². The first-order chi connectivity index (χ1) is 4.30. The van der Waals surface area contributed by atoms with Gasteiger partial charge >= 0.3 is 0 Å². The monoisotopic (exact) mass is 127 g/mol. The van der Waals surface area contributed by atoms with E-state index < -0.39 is 0 Å². The van der Waals surface area contributed by atoms with Crippen LogP contribution in [0.5, 0.6) is 0 Å². The van der Waals surface area contributed by atoms with Gasteiger partial charge in [-0.05, 0) is 0 Å². The first-order valence-electron chi connectivity index (χ1n) is 2.93. The Kier molecular flexibility index (Phi) is 2.05. The van der Waals surface area contributed by atoms with Crippen LogP contribution in [0.1, 0.15) is 0 Å². The summed E-state index contributed by atoms with van der Waals surface area (Å²) >= 11 is 0. The maximum absolute atomic E-state index is 10.4. The SMILES string of the molecule is [CH]C(=O)N1CCOCC1. The van der Waals surface area contributed by atoms with Crippen LogP contribution >= 0.6 is 0 Å². The molecule has 1 heterocycles. The van der Waals surface area contributed by atoms with Crippen LogP contribution in [0.4, 0.5) is 0 Å². The summed E-state index contributed by atoms with van der Waals surface area (Å²) in [6.45, 7) is 7.50. The number of rotatable bonds is 0. The molecule has 50 valence electrons. The number of morpholine rings is 1. The molecule has 0 atom stereocenters. The normalized spacial score (nSPS) is 19.9. The second-order valence-electron chi connectivity index (χ2n) is 1.94. The summed E-state index contributed by atoms with van der Waals surface area (Å²) in [5.41, 5.74) is 0. The van der Waals surface area contributed by atoms with Gasteiger partial charge in [0.1, 0.15) is 0 Å². The Morgan fingerprint density at radius 1 is 1.44 bits per heavy atom. The van der Waals surface area contributed by atoms with Gasteiger partial charge in [-0.3, -0.25) is 4.79 Å². The minimum atomic E-state index is -0.349. The highest BCUT2D eigenvalue weighted by atomic mass is 16.5. The van der Waals surface area contributed by atoms with Crippen molar-refractivity contribution in [3.05, 3.63) is 6.92 Å². The van der Waals surface area contributed by atoms with E-state index in [4.69, 9.17) is 11.7 Å². The van der Waals surface area contributed by atoms with Crippen molar-refractivity contribution in [3.63, 3.8) is 0 Å². The van der Waals surface area contributed by atoms with E-state index in [2.05, 4.69) is 0 Å². The Hall–Kier alpha value is -0.570. The smallest absolute Gasteiger partial charge is 0.227 e. The van der Waals surface area contributed by atoms with E-state index in [1.165, 1.54) is 0 Å². The fourth-order valence-electron chi connectivity index (χ4n) is 0.784. The Balaban J connectivity index is 2.31. The van der Waals surface area contributed by atoms with Gasteiger partial charge in [0.15, 0.2) is 0 Å². The van der Waals surface area contributed by atoms with Gasteiger partial charge in [-0.25, -0.2) is 0 Å². The van der Waals surface area contributed by atoms with Crippen LogP contribution < -0.4 is 0 Å². The van der Waals surface area contributed by atoms with E-state index in [1.807, 2.05) is 0 Å². The molecule has 0 aromatic carbocycles. The van der Waals surface area contributed by atoms with Gasteiger partial charge < -0.3 is 9.64 Å². The highest BCUT2D eigenvalue weighted by molar-refractivity contribution is 5.80. The van der Waals surface area contributed by atoms with Crippen LogP contribution in [0.25, 0.3) is 0 Å². The standard InChI is InChI=1S/C6H9NO2/c1-6(8)7-2-4-9-5-3-7/h1H,2-5H2. The largest absolute Gasteiger partial charge is 0.378 e. The van der Waals surface area contributed by atoms with Crippen LogP contribution in [0.3, 0.4) is 0 Å². The molecule has 1 saturated heterocycles. The average Bonchev–Trinajstić information content (AvgIpc) is 1.90. The zero-order valence-corrected chi connectivity index (χ0v) is 5.17. The van der Waals surface area contributed by atoms with E-state index >= 15 is 0 Å². The van der Waals surface area contributed by atoms with Gasteiger partial charge in [0.2, 0.25) is 5.91 Å². The van der Waals surface area contributed by atoms with Gasteiger partial charge in [0.25, 0.3) is 0 Å². The lowest BCUT2D eigenvalue weighted by molar-refractivity contribution is -0.130. The minimum absolute atomic E-state index is 0.349. The van der Waals surface area contributed by atoms with Crippen molar-refractivity contribution in [2.75, 3.05) is 26.3 Å². The lowest BCUT2D eigenvalue weighted by Gasteiger charge is -2.24. The molecule has 0 N–H and O–H groups in total. The molecule has 9 heavy (non-hydrogen) atoms. The van der Waals surface area contributed by atoms with Crippen LogP contribution in [-0.2, 0) is 9.53 Å². The zero-order chi connectivity index (χ0) is 6.69. The molecule has 1 aliphatic heterocycles. The molecule has 1 fully saturated rings. The van der Waals surface area contributed by atoms with E-state index in [1.54, 1.807) is 4.90 Å². The highest BCUT2D eigenvalue weighted by Crippen LogP contribution is 1.95. The molecule has 2 radical (unpaired) electrons. The predicted octanol–water partition coefficient (Wildman–Crippen LogP) is -0.444. The van der Waals surface area contributed by atoms with Gasteiger partial charge in [-0.1, -0.05) is 0 Å². The molecule has 3 nitrogen and oxygen atoms in total. The Bertz CT molecular complexity index is 108. The van der Waals surface area contributed by atoms with Crippen molar-refractivity contribution in [2.45, 2.75) is 0 Å². The maximum Gasteiger partial charge on any atom is 0.227 e. The number of hydrogen-bond acceptors (Lipinski definition) is 2. The molecule has 0 unspecified atom stereocenters. The molecule has 1 rings (SSSR count). The van der Waals surface area contributed by atoms with Crippen molar-refractivity contribution in [1.29, 1.82) is 0 Å². The molecule has 0 aromatic rings. The lowest BCUT2D eigenvalue weighted by atomic mass is 10.4. The Labute approximate surface area is 54.6 Å². The van der Waals surface area contributed by atoms with Crippen LogP contribution in [0, 0.1) is 6.92 Å². The number of carbonyl (C=O) groups excluding carboxylic acids is 1. The molecular weight excluding hydrogens is 118 g/mol. The number of nitrogens with zero attached hydrogens (tertiary/aromatic N) is 1. The van der Waals surface area contributed by atoms with Crippen molar-refractivity contribution in [2.24, 2.45) is 0 Å². The molecule has 0 bridgehead atoms. The van der Waals surface area contributed by atoms with E-state index in [0.29, 0.717) is 26.3 Å². The summed E-state index contributed by atoms with van der Waals surface area (Å²) < 4.78 is 5.00. The van der Waals surface area contributed by atoms with Crippen molar-refractivity contribution in [3.8, 4) is 0 Å². The van der Waals surface area contributed by atoms with Crippen molar-refractivity contribution >= 4 is 5.91 Å². The first kappa shape index (κ1) is 6.55. The second kappa shape index (κ2) is 2.82. The maximum atomic E-state index is 10.4. The van der Waals surface area contributed by atoms with Crippen molar-refractivity contribution < 1.29 is 9.53 Å². The average molecular weight is 127 g/mol. The van der Waals surface area contributed by atoms with Crippen LogP contribution in [-0.4, -0.2) is 37.1 Å².